The van der Waals surface area contributed by atoms with Gasteiger partial charge in [-0.15, -0.1) is 0 Å². The van der Waals surface area contributed by atoms with Gasteiger partial charge in [0.2, 0.25) is 0 Å². The minimum Gasteiger partial charge on any atom is -0.399 e. The molecule has 0 N–H and O–H groups in total. The summed E-state index contributed by atoms with van der Waals surface area (Å²) < 4.78 is 12.3. The van der Waals surface area contributed by atoms with Crippen molar-refractivity contribution in [2.24, 2.45) is 0 Å². The van der Waals surface area contributed by atoms with Gasteiger partial charge in [0.15, 0.2) is 0 Å². The number of rotatable bonds is 2. The van der Waals surface area contributed by atoms with E-state index in [2.05, 4.69) is 56.9 Å². The maximum atomic E-state index is 6.15. The number of anilines is 1. The van der Waals surface area contributed by atoms with E-state index < -0.39 is 0 Å². The summed E-state index contributed by atoms with van der Waals surface area (Å²) in [4.78, 5) is 2.47. The fourth-order valence-corrected chi connectivity index (χ4v) is 3.00. The summed E-state index contributed by atoms with van der Waals surface area (Å²) in [6.45, 7) is 14.7. The van der Waals surface area contributed by atoms with Crippen molar-refractivity contribution in [1.29, 1.82) is 0 Å². The normalized spacial score (nSPS) is 22.5. The molecule has 128 valence electrons. The Bertz CT molecular complexity index is 494. The van der Waals surface area contributed by atoms with Crippen molar-refractivity contribution in [3.8, 4) is 0 Å². The molecule has 1 aromatic carbocycles. The average molecular weight is 317 g/mol. The lowest BCUT2D eigenvalue weighted by Crippen LogP contribution is -2.41. The highest BCUT2D eigenvalue weighted by atomic mass is 16.7. The Labute approximate surface area is 142 Å². The van der Waals surface area contributed by atoms with Gasteiger partial charge in [0.1, 0.15) is 0 Å². The van der Waals surface area contributed by atoms with E-state index in [-0.39, 0.29) is 18.3 Å². The Balaban J connectivity index is 0.000000924. The Morgan fingerprint density at radius 2 is 1.48 bits per heavy atom. The van der Waals surface area contributed by atoms with Crippen LogP contribution in [0.25, 0.3) is 0 Å². The van der Waals surface area contributed by atoms with Gasteiger partial charge in [-0.25, -0.2) is 0 Å². The van der Waals surface area contributed by atoms with Gasteiger partial charge in [-0.3, -0.25) is 0 Å². The van der Waals surface area contributed by atoms with Gasteiger partial charge in [-0.05, 0) is 64.6 Å². The molecule has 23 heavy (non-hydrogen) atoms. The highest BCUT2D eigenvalue weighted by Crippen LogP contribution is 2.36. The lowest BCUT2D eigenvalue weighted by Gasteiger charge is -2.32. The van der Waals surface area contributed by atoms with Crippen molar-refractivity contribution in [2.75, 3.05) is 18.0 Å². The van der Waals surface area contributed by atoms with E-state index >= 15 is 0 Å². The Morgan fingerprint density at radius 3 is 2.04 bits per heavy atom. The SMILES string of the molecule is CC.CC1(C)OB(c2cccc(N3CCCCC3)c2)OC1(C)C. The zero-order valence-electron chi connectivity index (χ0n) is 15.7. The third kappa shape index (κ3) is 3.92. The standard InChI is InChI=1S/C17H26BNO2.C2H6/c1-16(2)17(3,4)21-18(20-16)14-9-8-10-15(13-14)19-11-6-5-7-12-19;1-2/h8-10,13H,5-7,11-12H2,1-4H3;1-2H3. The summed E-state index contributed by atoms with van der Waals surface area (Å²) in [6, 6.07) is 8.65. The van der Waals surface area contributed by atoms with Gasteiger partial charge in [0.25, 0.3) is 0 Å². The summed E-state index contributed by atoms with van der Waals surface area (Å²) in [5, 5.41) is 0. The molecule has 0 unspecified atom stereocenters. The first-order chi connectivity index (χ1) is 10.9. The minimum absolute atomic E-state index is 0.264. The summed E-state index contributed by atoms with van der Waals surface area (Å²) in [5.41, 5.74) is 1.86. The van der Waals surface area contributed by atoms with Gasteiger partial charge >= 0.3 is 7.12 Å². The Hall–Kier alpha value is -0.995. The largest absolute Gasteiger partial charge is 0.494 e. The van der Waals surface area contributed by atoms with Crippen molar-refractivity contribution in [2.45, 2.75) is 72.0 Å². The molecule has 0 saturated carbocycles. The minimum atomic E-state index is -0.279. The van der Waals surface area contributed by atoms with Crippen LogP contribution < -0.4 is 10.4 Å². The van der Waals surface area contributed by atoms with Crippen LogP contribution in [-0.4, -0.2) is 31.4 Å². The first kappa shape index (κ1) is 18.3. The second-order valence-electron chi connectivity index (χ2n) is 7.23. The van der Waals surface area contributed by atoms with Crippen LogP contribution in [0.3, 0.4) is 0 Å². The summed E-state index contributed by atoms with van der Waals surface area (Å²) in [7, 11) is -0.264. The zero-order chi connectivity index (χ0) is 17.1. The molecule has 2 heterocycles. The predicted molar refractivity (Wildman–Crippen MR) is 99.6 cm³/mol. The van der Waals surface area contributed by atoms with Crippen molar-refractivity contribution in [3.05, 3.63) is 24.3 Å². The molecule has 2 aliphatic rings. The molecule has 0 aromatic heterocycles. The van der Waals surface area contributed by atoms with Crippen molar-refractivity contribution in [1.82, 2.24) is 0 Å². The fourth-order valence-electron chi connectivity index (χ4n) is 3.00. The van der Waals surface area contributed by atoms with E-state index in [0.717, 1.165) is 18.6 Å². The summed E-state index contributed by atoms with van der Waals surface area (Å²) >= 11 is 0. The number of benzene rings is 1. The lowest BCUT2D eigenvalue weighted by atomic mass is 9.79. The van der Waals surface area contributed by atoms with E-state index in [9.17, 15) is 0 Å². The molecule has 2 aliphatic heterocycles. The second kappa shape index (κ2) is 7.27. The highest BCUT2D eigenvalue weighted by molar-refractivity contribution is 6.62. The molecular weight excluding hydrogens is 285 g/mol. The van der Waals surface area contributed by atoms with E-state index in [1.807, 2.05) is 13.8 Å². The molecule has 1 aromatic rings. The topological polar surface area (TPSA) is 21.7 Å². The van der Waals surface area contributed by atoms with Crippen LogP contribution >= 0.6 is 0 Å². The van der Waals surface area contributed by atoms with Crippen LogP contribution in [0, 0.1) is 0 Å². The maximum absolute atomic E-state index is 6.15. The Kier molecular flexibility index (Phi) is 5.80. The van der Waals surface area contributed by atoms with E-state index in [4.69, 9.17) is 9.31 Å². The average Bonchev–Trinajstić information content (AvgIpc) is 2.78. The lowest BCUT2D eigenvalue weighted by molar-refractivity contribution is 0.00578. The van der Waals surface area contributed by atoms with Crippen molar-refractivity contribution in [3.63, 3.8) is 0 Å². The Morgan fingerprint density at radius 1 is 0.913 bits per heavy atom. The molecule has 0 amide bonds. The molecule has 0 bridgehead atoms. The van der Waals surface area contributed by atoms with Gasteiger partial charge in [0.05, 0.1) is 11.2 Å². The third-order valence-corrected chi connectivity index (χ3v) is 5.12. The van der Waals surface area contributed by atoms with Crippen LogP contribution in [0.2, 0.25) is 0 Å². The molecule has 0 spiro atoms. The second-order valence-corrected chi connectivity index (χ2v) is 7.23. The molecule has 3 rings (SSSR count). The van der Waals surface area contributed by atoms with Crippen molar-refractivity contribution < 1.29 is 9.31 Å². The molecule has 0 aliphatic carbocycles. The number of hydrogen-bond donors (Lipinski definition) is 0. The van der Waals surface area contributed by atoms with E-state index in [0.29, 0.717) is 0 Å². The third-order valence-electron chi connectivity index (χ3n) is 5.12. The first-order valence-electron chi connectivity index (χ1n) is 9.10. The molecule has 3 nitrogen and oxygen atoms in total. The number of piperidine rings is 1. The van der Waals surface area contributed by atoms with Crippen molar-refractivity contribution >= 4 is 18.3 Å². The van der Waals surface area contributed by atoms with Crippen LogP contribution in [-0.2, 0) is 9.31 Å². The number of nitrogens with zero attached hydrogens (tertiary/aromatic N) is 1. The number of hydrogen-bond acceptors (Lipinski definition) is 3. The molecule has 0 atom stereocenters. The molecule has 2 saturated heterocycles. The molecular formula is C19H32BNO2. The predicted octanol–water partition coefficient (Wildman–Crippen LogP) is 4.00. The monoisotopic (exact) mass is 317 g/mol. The van der Waals surface area contributed by atoms with Crippen LogP contribution in [0.5, 0.6) is 0 Å². The fraction of sp³-hybridized carbons (Fsp3) is 0.684. The maximum Gasteiger partial charge on any atom is 0.494 e. The van der Waals surface area contributed by atoms with Gasteiger partial charge in [0, 0.05) is 18.8 Å². The van der Waals surface area contributed by atoms with Gasteiger partial charge in [-0.1, -0.05) is 26.0 Å². The summed E-state index contributed by atoms with van der Waals surface area (Å²) in [5.74, 6) is 0. The van der Waals surface area contributed by atoms with E-state index in [1.54, 1.807) is 0 Å². The van der Waals surface area contributed by atoms with Crippen LogP contribution in [0.1, 0.15) is 60.8 Å². The smallest absolute Gasteiger partial charge is 0.399 e. The van der Waals surface area contributed by atoms with Crippen LogP contribution in [0.4, 0.5) is 5.69 Å². The van der Waals surface area contributed by atoms with Crippen LogP contribution in [0.15, 0.2) is 24.3 Å². The molecule has 4 heteroatoms. The van der Waals surface area contributed by atoms with Gasteiger partial charge < -0.3 is 14.2 Å². The van der Waals surface area contributed by atoms with Gasteiger partial charge in [-0.2, -0.15) is 0 Å². The summed E-state index contributed by atoms with van der Waals surface area (Å²) in [6.07, 6.45) is 3.94. The highest BCUT2D eigenvalue weighted by Gasteiger charge is 2.51. The molecule has 2 fully saturated rings. The first-order valence-corrected chi connectivity index (χ1v) is 9.10. The zero-order valence-corrected chi connectivity index (χ0v) is 15.7. The molecule has 0 radical (unpaired) electrons. The quantitative estimate of drug-likeness (QED) is 0.770. The van der Waals surface area contributed by atoms with E-state index in [1.165, 1.54) is 24.9 Å².